The van der Waals surface area contributed by atoms with Crippen LogP contribution < -0.4 is 15.2 Å². The quantitative estimate of drug-likeness (QED) is 0.553. The summed E-state index contributed by atoms with van der Waals surface area (Å²) >= 11 is 0. The fourth-order valence-electron chi connectivity index (χ4n) is 4.11. The van der Waals surface area contributed by atoms with E-state index >= 15 is 0 Å². The molecule has 35 heavy (non-hydrogen) atoms. The molecule has 0 spiro atoms. The SMILES string of the molecule is CC1CCN(c2nc(-c3ccc(F)c(F)c3)ccc2C(=O)NS(=O)(=O)c2ccc[nH]c2=O)C1(C)C. The number of carbonyl (C=O) groups excluding carboxylic acids is 1. The van der Waals surface area contributed by atoms with E-state index in [1.807, 2.05) is 23.5 Å². The molecular formula is C24H24F2N4O4S. The van der Waals surface area contributed by atoms with Crippen LogP contribution in [0.3, 0.4) is 0 Å². The van der Waals surface area contributed by atoms with Crippen LogP contribution in [0.15, 0.2) is 58.4 Å². The number of hydrogen-bond donors (Lipinski definition) is 2. The van der Waals surface area contributed by atoms with Gasteiger partial charge in [0.2, 0.25) is 0 Å². The Hall–Kier alpha value is -3.60. The van der Waals surface area contributed by atoms with Crippen LogP contribution in [0.2, 0.25) is 0 Å². The van der Waals surface area contributed by atoms with E-state index in [1.54, 1.807) is 0 Å². The summed E-state index contributed by atoms with van der Waals surface area (Å²) in [4.78, 5) is 33.3. The lowest BCUT2D eigenvalue weighted by Crippen LogP contribution is -2.44. The minimum absolute atomic E-state index is 0.0329. The normalized spacial score (nSPS) is 17.4. The van der Waals surface area contributed by atoms with Gasteiger partial charge in [-0.1, -0.05) is 6.92 Å². The monoisotopic (exact) mass is 502 g/mol. The van der Waals surface area contributed by atoms with E-state index in [2.05, 4.69) is 16.9 Å². The molecule has 0 saturated carbocycles. The van der Waals surface area contributed by atoms with E-state index in [0.29, 0.717) is 12.1 Å². The second kappa shape index (κ2) is 8.88. The summed E-state index contributed by atoms with van der Waals surface area (Å²) in [6, 6.07) is 8.60. The third-order valence-electron chi connectivity index (χ3n) is 6.58. The van der Waals surface area contributed by atoms with Gasteiger partial charge < -0.3 is 9.88 Å². The maximum absolute atomic E-state index is 13.9. The van der Waals surface area contributed by atoms with Crippen molar-refractivity contribution < 1.29 is 22.0 Å². The van der Waals surface area contributed by atoms with E-state index in [-0.39, 0.29) is 23.0 Å². The van der Waals surface area contributed by atoms with Gasteiger partial charge in [0.1, 0.15) is 5.82 Å². The van der Waals surface area contributed by atoms with Crippen molar-refractivity contribution >= 4 is 21.7 Å². The highest BCUT2D eigenvalue weighted by atomic mass is 32.2. The highest BCUT2D eigenvalue weighted by Crippen LogP contribution is 2.39. The molecule has 2 N–H and O–H groups in total. The Morgan fingerprint density at radius 2 is 1.91 bits per heavy atom. The van der Waals surface area contributed by atoms with E-state index in [9.17, 15) is 26.8 Å². The Morgan fingerprint density at radius 1 is 1.17 bits per heavy atom. The first-order chi connectivity index (χ1) is 16.4. The van der Waals surface area contributed by atoms with Gasteiger partial charge in [0.05, 0.1) is 11.3 Å². The Bertz CT molecular complexity index is 1470. The zero-order chi connectivity index (χ0) is 25.5. The zero-order valence-electron chi connectivity index (χ0n) is 19.3. The maximum Gasteiger partial charge on any atom is 0.269 e. The molecule has 1 aliphatic rings. The van der Waals surface area contributed by atoms with Gasteiger partial charge >= 0.3 is 0 Å². The van der Waals surface area contributed by atoms with Crippen molar-refractivity contribution in [2.24, 2.45) is 5.92 Å². The molecule has 1 fully saturated rings. The molecule has 1 unspecified atom stereocenters. The molecule has 1 amide bonds. The molecule has 0 radical (unpaired) electrons. The highest BCUT2D eigenvalue weighted by molar-refractivity contribution is 7.90. The lowest BCUT2D eigenvalue weighted by molar-refractivity contribution is 0.0981. The number of benzene rings is 1. The van der Waals surface area contributed by atoms with Gasteiger partial charge in [-0.25, -0.2) is 26.9 Å². The number of amides is 1. The Balaban J connectivity index is 1.80. The van der Waals surface area contributed by atoms with Crippen LogP contribution >= 0.6 is 0 Å². The van der Waals surface area contributed by atoms with Gasteiger partial charge in [-0.2, -0.15) is 0 Å². The number of H-pyrrole nitrogens is 1. The second-order valence-corrected chi connectivity index (χ2v) is 10.6. The molecule has 3 heterocycles. The topological polar surface area (TPSA) is 112 Å². The molecule has 11 heteroatoms. The standard InChI is InChI=1S/C24H24F2N4O4S/c1-14-10-12-30(24(14,2)3)21-16(7-9-19(28-21)15-6-8-17(25)18(26)13-15)22(31)29-35(33,34)20-5-4-11-27-23(20)32/h4-9,11,13-14H,10,12H2,1-3H3,(H,27,32)(H,29,31). The number of halogens is 2. The predicted octanol–water partition coefficient (Wildman–Crippen LogP) is 3.46. The summed E-state index contributed by atoms with van der Waals surface area (Å²) in [7, 11) is -4.47. The van der Waals surface area contributed by atoms with Gasteiger partial charge in [0.15, 0.2) is 16.5 Å². The van der Waals surface area contributed by atoms with Crippen molar-refractivity contribution in [3.63, 3.8) is 0 Å². The van der Waals surface area contributed by atoms with Crippen LogP contribution in [0.5, 0.6) is 0 Å². The van der Waals surface area contributed by atoms with E-state index in [4.69, 9.17) is 0 Å². The minimum atomic E-state index is -4.47. The average Bonchev–Trinajstić information content (AvgIpc) is 3.07. The molecule has 3 aromatic rings. The number of anilines is 1. The first kappa shape index (κ1) is 24.5. The lowest BCUT2D eigenvalue weighted by Gasteiger charge is -2.36. The van der Waals surface area contributed by atoms with E-state index in [0.717, 1.165) is 24.6 Å². The highest BCUT2D eigenvalue weighted by Gasteiger charge is 2.41. The predicted molar refractivity (Wildman–Crippen MR) is 127 cm³/mol. The van der Waals surface area contributed by atoms with E-state index < -0.39 is 43.6 Å². The summed E-state index contributed by atoms with van der Waals surface area (Å²) in [5.41, 5.74) is -0.744. The number of aromatic nitrogens is 2. The van der Waals surface area contributed by atoms with Gasteiger partial charge in [0, 0.05) is 23.8 Å². The summed E-state index contributed by atoms with van der Waals surface area (Å²) in [6.45, 7) is 6.58. The molecule has 2 aromatic heterocycles. The van der Waals surface area contributed by atoms with Crippen LogP contribution in [0, 0.1) is 17.6 Å². The lowest BCUT2D eigenvalue weighted by atomic mass is 9.90. The smallest absolute Gasteiger partial charge is 0.269 e. The van der Waals surface area contributed by atoms with Crippen molar-refractivity contribution in [2.75, 3.05) is 11.4 Å². The number of pyridine rings is 2. The Morgan fingerprint density at radius 3 is 2.54 bits per heavy atom. The Labute approximate surface area is 201 Å². The number of carbonyl (C=O) groups is 1. The zero-order valence-corrected chi connectivity index (χ0v) is 20.1. The molecular weight excluding hydrogens is 478 g/mol. The molecule has 8 nitrogen and oxygen atoms in total. The molecule has 4 rings (SSSR count). The molecule has 1 aliphatic heterocycles. The number of rotatable bonds is 5. The average molecular weight is 503 g/mol. The van der Waals surface area contributed by atoms with E-state index in [1.165, 1.54) is 30.5 Å². The molecule has 1 atom stereocenters. The van der Waals surface area contributed by atoms with Crippen LogP contribution in [-0.4, -0.2) is 36.4 Å². The van der Waals surface area contributed by atoms with Crippen LogP contribution in [0.25, 0.3) is 11.3 Å². The van der Waals surface area contributed by atoms with Gasteiger partial charge in [0.25, 0.3) is 21.5 Å². The van der Waals surface area contributed by atoms with Crippen molar-refractivity contribution in [1.29, 1.82) is 0 Å². The summed E-state index contributed by atoms with van der Waals surface area (Å²) < 4.78 is 54.7. The first-order valence-electron chi connectivity index (χ1n) is 10.9. The van der Waals surface area contributed by atoms with Crippen molar-refractivity contribution in [3.8, 4) is 11.3 Å². The summed E-state index contributed by atoms with van der Waals surface area (Å²) in [5, 5.41) is 0. The fraction of sp³-hybridized carbons (Fsp3) is 0.292. The summed E-state index contributed by atoms with van der Waals surface area (Å²) in [6.07, 6.45) is 2.08. The van der Waals surface area contributed by atoms with Crippen LogP contribution in [-0.2, 0) is 10.0 Å². The third kappa shape index (κ3) is 4.55. The van der Waals surface area contributed by atoms with Crippen molar-refractivity contribution in [2.45, 2.75) is 37.6 Å². The number of sulfonamides is 1. The molecule has 0 aliphatic carbocycles. The number of aromatic amines is 1. The Kier molecular flexibility index (Phi) is 6.22. The first-order valence-corrected chi connectivity index (χ1v) is 12.4. The summed E-state index contributed by atoms with van der Waals surface area (Å²) in [5.74, 6) is -2.57. The number of nitrogens with one attached hydrogen (secondary N) is 2. The minimum Gasteiger partial charge on any atom is -0.351 e. The van der Waals surface area contributed by atoms with Gasteiger partial charge in [-0.05, 0) is 68.7 Å². The number of hydrogen-bond acceptors (Lipinski definition) is 6. The molecule has 1 saturated heterocycles. The van der Waals surface area contributed by atoms with Crippen molar-refractivity contribution in [3.05, 3.63) is 76.2 Å². The van der Waals surface area contributed by atoms with Crippen molar-refractivity contribution in [1.82, 2.24) is 14.7 Å². The maximum atomic E-state index is 13.9. The largest absolute Gasteiger partial charge is 0.351 e. The van der Waals surface area contributed by atoms with Crippen LogP contribution in [0.1, 0.15) is 37.6 Å². The number of nitrogens with zero attached hydrogens (tertiary/aromatic N) is 2. The molecule has 1 aromatic carbocycles. The van der Waals surface area contributed by atoms with Gasteiger partial charge in [-0.3, -0.25) is 9.59 Å². The molecule has 184 valence electrons. The molecule has 0 bridgehead atoms. The third-order valence-corrected chi connectivity index (χ3v) is 7.93. The fourth-order valence-corrected chi connectivity index (χ4v) is 5.13. The second-order valence-electron chi connectivity index (χ2n) is 8.99. The van der Waals surface area contributed by atoms with Gasteiger partial charge in [-0.15, -0.1) is 0 Å². The van der Waals surface area contributed by atoms with Crippen LogP contribution in [0.4, 0.5) is 14.6 Å².